The summed E-state index contributed by atoms with van der Waals surface area (Å²) in [5.74, 6) is 1.65. The number of benzene rings is 6. The summed E-state index contributed by atoms with van der Waals surface area (Å²) in [7, 11) is 0. The normalized spacial score (nSPS) is 14.1. The molecule has 0 bridgehead atoms. The SMILES string of the molecule is CC(C)(C)c1ccc2c(c1)c1ccccc1n2-c1ccc2c(c1)C1(c3cc(-n4c5ccccc5c5cc(C(C)(C)C)ccc54)ccc3O2)c2cccnc2-c2ncccc21. The van der Waals surface area contributed by atoms with Crippen molar-refractivity contribution >= 4 is 43.6 Å². The number of hydrogen-bond donors (Lipinski definition) is 0. The maximum absolute atomic E-state index is 7.04. The number of ether oxygens (including phenoxy) is 1. The van der Waals surface area contributed by atoms with Crippen LogP contribution in [0.3, 0.4) is 0 Å². The maximum Gasteiger partial charge on any atom is 0.132 e. The van der Waals surface area contributed by atoms with Gasteiger partial charge in [0.1, 0.15) is 11.5 Å². The Morgan fingerprint density at radius 3 is 1.30 bits per heavy atom. The predicted molar refractivity (Wildman–Crippen MR) is 245 cm³/mol. The van der Waals surface area contributed by atoms with Crippen molar-refractivity contribution in [3.8, 4) is 34.3 Å². The molecule has 1 spiro atoms. The van der Waals surface area contributed by atoms with Crippen molar-refractivity contribution in [3.63, 3.8) is 0 Å². The molecule has 0 atom stereocenters. The summed E-state index contributed by atoms with van der Waals surface area (Å²) in [6.07, 6.45) is 3.77. The molecular formula is C55H44N4O. The number of aromatic nitrogens is 4. The first-order valence-corrected chi connectivity index (χ1v) is 21.0. The molecule has 12 rings (SSSR count). The second kappa shape index (κ2) is 12.0. The Hall–Kier alpha value is -6.98. The van der Waals surface area contributed by atoms with Crippen LogP contribution in [0.5, 0.6) is 11.5 Å². The van der Waals surface area contributed by atoms with Crippen LogP contribution in [-0.2, 0) is 16.2 Å². The van der Waals surface area contributed by atoms with E-state index in [1.807, 2.05) is 12.4 Å². The van der Waals surface area contributed by atoms with Crippen molar-refractivity contribution < 1.29 is 4.74 Å². The van der Waals surface area contributed by atoms with Gasteiger partial charge in [-0.1, -0.05) is 102 Å². The molecule has 0 unspecified atom stereocenters. The smallest absolute Gasteiger partial charge is 0.132 e. The van der Waals surface area contributed by atoms with Gasteiger partial charge in [0.05, 0.1) is 38.9 Å². The van der Waals surface area contributed by atoms with Crippen LogP contribution in [0.25, 0.3) is 66.4 Å². The maximum atomic E-state index is 7.04. The van der Waals surface area contributed by atoms with Crippen LogP contribution in [0, 0.1) is 0 Å². The fourth-order valence-corrected chi connectivity index (χ4v) is 10.3. The zero-order valence-electron chi connectivity index (χ0n) is 34.7. The number of pyridine rings is 2. The minimum atomic E-state index is -0.765. The molecule has 1 aliphatic heterocycles. The van der Waals surface area contributed by atoms with Crippen molar-refractivity contribution in [1.82, 2.24) is 19.1 Å². The predicted octanol–water partition coefficient (Wildman–Crippen LogP) is 13.7. The molecule has 5 nitrogen and oxygen atoms in total. The van der Waals surface area contributed by atoms with Crippen LogP contribution in [-0.4, -0.2) is 19.1 Å². The van der Waals surface area contributed by atoms with Gasteiger partial charge in [0.2, 0.25) is 0 Å². The molecule has 6 aromatic carbocycles. The van der Waals surface area contributed by atoms with Gasteiger partial charge >= 0.3 is 0 Å². The largest absolute Gasteiger partial charge is 0.457 e. The highest BCUT2D eigenvalue weighted by atomic mass is 16.5. The molecule has 10 aromatic rings. The minimum Gasteiger partial charge on any atom is -0.457 e. The van der Waals surface area contributed by atoms with E-state index in [4.69, 9.17) is 14.7 Å². The number of fused-ring (bicyclic) bond motifs is 15. The monoisotopic (exact) mass is 776 g/mol. The van der Waals surface area contributed by atoms with E-state index in [1.54, 1.807) is 0 Å². The first-order valence-electron chi connectivity index (χ1n) is 21.0. The summed E-state index contributed by atoms with van der Waals surface area (Å²) in [6.45, 7) is 13.7. The lowest BCUT2D eigenvalue weighted by molar-refractivity contribution is 0.436. The Balaban J connectivity index is 1.15. The standard InChI is InChI=1S/C55H44N4O/c1-53(2,3)33-19-23-47-39(29-33)37-13-7-9-17-45(37)58(47)35-21-25-49-43(31-35)55(41-15-11-27-56-51(41)52-42(55)16-12-28-57-52)44-32-36(22-26-50(44)60-49)59-46-18-10-8-14-38(46)40-30-34(54(4,5)6)20-24-48(40)59/h7-32H,1-6H3. The molecule has 290 valence electrons. The molecule has 4 aromatic heterocycles. The van der Waals surface area contributed by atoms with E-state index in [2.05, 4.69) is 196 Å². The first-order chi connectivity index (χ1) is 29.0. The first kappa shape index (κ1) is 35.0. The van der Waals surface area contributed by atoms with Gasteiger partial charge in [-0.2, -0.15) is 0 Å². The van der Waals surface area contributed by atoms with Gasteiger partial charge in [0.25, 0.3) is 0 Å². The van der Waals surface area contributed by atoms with Crippen LogP contribution >= 0.6 is 0 Å². The van der Waals surface area contributed by atoms with Crippen LogP contribution in [0.4, 0.5) is 0 Å². The Labute approximate surface area is 349 Å². The van der Waals surface area contributed by atoms with Crippen molar-refractivity contribution in [3.05, 3.63) is 191 Å². The molecule has 5 heterocycles. The van der Waals surface area contributed by atoms with Gasteiger partial charge in [-0.25, -0.2) is 0 Å². The molecule has 60 heavy (non-hydrogen) atoms. The molecule has 1 aliphatic carbocycles. The molecule has 0 amide bonds. The van der Waals surface area contributed by atoms with Crippen molar-refractivity contribution in [1.29, 1.82) is 0 Å². The molecule has 0 fully saturated rings. The van der Waals surface area contributed by atoms with E-state index >= 15 is 0 Å². The zero-order valence-corrected chi connectivity index (χ0v) is 34.7. The summed E-state index contributed by atoms with van der Waals surface area (Å²) in [4.78, 5) is 10.1. The lowest BCUT2D eigenvalue weighted by Crippen LogP contribution is -2.32. The van der Waals surface area contributed by atoms with Crippen LogP contribution in [0.15, 0.2) is 158 Å². The summed E-state index contributed by atoms with van der Waals surface area (Å²) < 4.78 is 11.9. The Bertz CT molecular complexity index is 3210. The van der Waals surface area contributed by atoms with Gasteiger partial charge in [-0.05, 0) is 118 Å². The van der Waals surface area contributed by atoms with E-state index in [0.717, 1.165) is 56.5 Å². The van der Waals surface area contributed by atoms with Crippen molar-refractivity contribution in [2.24, 2.45) is 0 Å². The minimum absolute atomic E-state index is 0.0269. The quantitative estimate of drug-likeness (QED) is 0.176. The van der Waals surface area contributed by atoms with Crippen LogP contribution in [0.1, 0.15) is 74.9 Å². The van der Waals surface area contributed by atoms with Gasteiger partial charge in [0.15, 0.2) is 0 Å². The fraction of sp³-hybridized carbons (Fsp3) is 0.164. The number of nitrogens with zero attached hydrogens (tertiary/aromatic N) is 4. The van der Waals surface area contributed by atoms with E-state index in [-0.39, 0.29) is 10.8 Å². The Morgan fingerprint density at radius 1 is 0.417 bits per heavy atom. The fourth-order valence-electron chi connectivity index (χ4n) is 10.3. The third-order valence-electron chi connectivity index (χ3n) is 13.2. The van der Waals surface area contributed by atoms with E-state index in [0.29, 0.717) is 0 Å². The molecule has 0 N–H and O–H groups in total. The lowest BCUT2D eigenvalue weighted by atomic mass is 9.66. The highest BCUT2D eigenvalue weighted by molar-refractivity contribution is 6.10. The Kier molecular flexibility index (Phi) is 7.03. The zero-order chi connectivity index (χ0) is 40.7. The third kappa shape index (κ3) is 4.69. The molecule has 0 saturated carbocycles. The van der Waals surface area contributed by atoms with Crippen molar-refractivity contribution in [2.45, 2.75) is 57.8 Å². The second-order valence-corrected chi connectivity index (χ2v) is 18.7. The average Bonchev–Trinajstić information content (AvgIpc) is 3.87. The Morgan fingerprint density at radius 2 is 0.850 bits per heavy atom. The van der Waals surface area contributed by atoms with Crippen LogP contribution in [0.2, 0.25) is 0 Å². The second-order valence-electron chi connectivity index (χ2n) is 18.7. The molecule has 5 heteroatoms. The van der Waals surface area contributed by atoms with Gasteiger partial charge < -0.3 is 13.9 Å². The lowest BCUT2D eigenvalue weighted by Gasteiger charge is -2.39. The molecule has 0 saturated heterocycles. The molecule has 0 radical (unpaired) electrons. The molecular weight excluding hydrogens is 733 g/mol. The number of rotatable bonds is 2. The molecule has 2 aliphatic rings. The van der Waals surface area contributed by atoms with E-state index < -0.39 is 5.41 Å². The average molecular weight is 777 g/mol. The summed E-state index contributed by atoms with van der Waals surface area (Å²) >= 11 is 0. The van der Waals surface area contributed by atoms with Crippen molar-refractivity contribution in [2.75, 3.05) is 0 Å². The number of para-hydroxylation sites is 2. The topological polar surface area (TPSA) is 44.9 Å². The van der Waals surface area contributed by atoms with Gasteiger partial charge in [0, 0.05) is 56.4 Å². The highest BCUT2D eigenvalue weighted by Gasteiger charge is 2.52. The van der Waals surface area contributed by atoms with Gasteiger partial charge in [-0.15, -0.1) is 0 Å². The van der Waals surface area contributed by atoms with E-state index in [9.17, 15) is 0 Å². The summed E-state index contributed by atoms with van der Waals surface area (Å²) in [5.41, 5.74) is 14.9. The summed E-state index contributed by atoms with van der Waals surface area (Å²) in [5, 5.41) is 4.98. The van der Waals surface area contributed by atoms with E-state index in [1.165, 1.54) is 54.7 Å². The highest BCUT2D eigenvalue weighted by Crippen LogP contribution is 2.62. The van der Waals surface area contributed by atoms with Crippen LogP contribution < -0.4 is 4.74 Å². The van der Waals surface area contributed by atoms with Gasteiger partial charge in [-0.3, -0.25) is 9.97 Å². The third-order valence-corrected chi connectivity index (χ3v) is 13.2. The summed E-state index contributed by atoms with van der Waals surface area (Å²) in [6, 6.07) is 53.6. The number of hydrogen-bond acceptors (Lipinski definition) is 3.